The normalized spacial score (nSPS) is 13.3. The van der Waals surface area contributed by atoms with Crippen LogP contribution in [0.5, 0.6) is 0 Å². The zero-order chi connectivity index (χ0) is 8.15. The van der Waals surface area contributed by atoms with E-state index < -0.39 is 18.1 Å². The van der Waals surface area contributed by atoms with E-state index in [9.17, 15) is 14.0 Å². The summed E-state index contributed by atoms with van der Waals surface area (Å²) in [5, 5.41) is 15.8. The van der Waals surface area contributed by atoms with Gasteiger partial charge >= 0.3 is 11.9 Å². The van der Waals surface area contributed by atoms with Gasteiger partial charge in [0.05, 0.1) is 0 Å². The zero-order valence-corrected chi connectivity index (χ0v) is 4.82. The maximum atomic E-state index is 11.9. The molecule has 0 radical (unpaired) electrons. The Kier molecular flexibility index (Phi) is 3.10. The number of alkyl halides is 1. The van der Waals surface area contributed by atoms with E-state index in [2.05, 4.69) is 0 Å². The quantitative estimate of drug-likeness (QED) is 0.554. The third-order valence-electron chi connectivity index (χ3n) is 0.644. The van der Waals surface area contributed by atoms with Crippen molar-refractivity contribution in [2.75, 3.05) is 0 Å². The first-order valence-electron chi connectivity index (χ1n) is 2.32. The molecule has 0 fully saturated rings. The van der Waals surface area contributed by atoms with E-state index in [0.717, 1.165) is 0 Å². The number of hydrogen-bond donors (Lipinski definition) is 2. The third-order valence-corrected chi connectivity index (χ3v) is 0.644. The Morgan fingerprint density at radius 3 is 2.20 bits per heavy atom. The summed E-state index contributed by atoms with van der Waals surface area (Å²) in [6.45, 7) is 0. The fourth-order valence-corrected chi connectivity index (χ4v) is 0.249. The van der Waals surface area contributed by atoms with Crippen LogP contribution in [0.15, 0.2) is 12.2 Å². The average molecular weight is 148 g/mol. The van der Waals surface area contributed by atoms with Crippen molar-refractivity contribution in [1.29, 1.82) is 0 Å². The summed E-state index contributed by atoms with van der Waals surface area (Å²) < 4.78 is 11.9. The van der Waals surface area contributed by atoms with Gasteiger partial charge in [-0.2, -0.15) is 0 Å². The van der Waals surface area contributed by atoms with Crippen LogP contribution in [-0.2, 0) is 9.59 Å². The van der Waals surface area contributed by atoms with Gasteiger partial charge in [0.15, 0.2) is 0 Å². The second-order valence-corrected chi connectivity index (χ2v) is 1.44. The molecule has 4 nitrogen and oxygen atoms in total. The molecule has 0 spiro atoms. The highest BCUT2D eigenvalue weighted by molar-refractivity contribution is 5.82. The third kappa shape index (κ3) is 3.59. The molecule has 0 aromatic rings. The molecular weight excluding hydrogens is 143 g/mol. The predicted molar refractivity (Wildman–Crippen MR) is 29.3 cm³/mol. The maximum absolute atomic E-state index is 11.9. The van der Waals surface area contributed by atoms with Crippen molar-refractivity contribution >= 4 is 11.9 Å². The first kappa shape index (κ1) is 8.61. The van der Waals surface area contributed by atoms with E-state index in [0.29, 0.717) is 12.2 Å². The Morgan fingerprint density at radius 1 is 1.40 bits per heavy atom. The van der Waals surface area contributed by atoms with E-state index in [4.69, 9.17) is 10.2 Å². The van der Waals surface area contributed by atoms with E-state index in [-0.39, 0.29) is 0 Å². The molecular formula is C5H5FO4. The van der Waals surface area contributed by atoms with Gasteiger partial charge in [-0.05, 0) is 6.08 Å². The summed E-state index contributed by atoms with van der Waals surface area (Å²) in [4.78, 5) is 19.4. The lowest BCUT2D eigenvalue weighted by molar-refractivity contribution is -0.140. The molecule has 0 aromatic carbocycles. The van der Waals surface area contributed by atoms with Crippen LogP contribution in [0.2, 0.25) is 0 Å². The fourth-order valence-electron chi connectivity index (χ4n) is 0.249. The van der Waals surface area contributed by atoms with E-state index in [1.165, 1.54) is 0 Å². The Labute approximate surface area is 55.6 Å². The molecule has 0 aliphatic rings. The van der Waals surface area contributed by atoms with E-state index in [1.807, 2.05) is 0 Å². The first-order valence-corrected chi connectivity index (χ1v) is 2.32. The van der Waals surface area contributed by atoms with Crippen molar-refractivity contribution in [2.45, 2.75) is 6.17 Å². The molecule has 0 aromatic heterocycles. The van der Waals surface area contributed by atoms with Crippen LogP contribution in [0.1, 0.15) is 0 Å². The molecule has 0 bridgehead atoms. The number of carbonyl (C=O) groups is 2. The van der Waals surface area contributed by atoms with E-state index in [1.54, 1.807) is 0 Å². The number of rotatable bonds is 3. The minimum atomic E-state index is -2.24. The number of carboxylic acids is 2. The molecule has 1 unspecified atom stereocenters. The smallest absolute Gasteiger partial charge is 0.342 e. The van der Waals surface area contributed by atoms with Crippen LogP contribution < -0.4 is 0 Å². The van der Waals surface area contributed by atoms with Gasteiger partial charge in [0.2, 0.25) is 6.17 Å². The lowest BCUT2D eigenvalue weighted by Crippen LogP contribution is -2.11. The second-order valence-electron chi connectivity index (χ2n) is 1.44. The van der Waals surface area contributed by atoms with Gasteiger partial charge in [-0.25, -0.2) is 14.0 Å². The number of hydrogen-bond acceptors (Lipinski definition) is 2. The molecule has 1 atom stereocenters. The Morgan fingerprint density at radius 2 is 1.90 bits per heavy atom. The Bertz CT molecular complexity index is 174. The summed E-state index contributed by atoms with van der Waals surface area (Å²) in [5.41, 5.74) is 0. The monoisotopic (exact) mass is 148 g/mol. The van der Waals surface area contributed by atoms with Crippen molar-refractivity contribution in [3.8, 4) is 0 Å². The molecule has 5 heteroatoms. The molecule has 2 N–H and O–H groups in total. The van der Waals surface area contributed by atoms with Gasteiger partial charge in [0.1, 0.15) is 0 Å². The molecule has 10 heavy (non-hydrogen) atoms. The van der Waals surface area contributed by atoms with Crippen LogP contribution in [0.4, 0.5) is 4.39 Å². The van der Waals surface area contributed by atoms with Crippen LogP contribution in [-0.4, -0.2) is 28.3 Å². The Hall–Kier alpha value is -1.39. The minimum Gasteiger partial charge on any atom is -0.479 e. The van der Waals surface area contributed by atoms with Crippen LogP contribution in [0.25, 0.3) is 0 Å². The fraction of sp³-hybridized carbons (Fsp3) is 0.200. The van der Waals surface area contributed by atoms with Gasteiger partial charge in [0.25, 0.3) is 0 Å². The standard InChI is InChI=1S/C5H5FO4/c6-3(5(9)10)1-2-4(7)8/h1-3H,(H,7,8)(H,9,10)/b2-1+. The maximum Gasteiger partial charge on any atom is 0.342 e. The number of halogens is 1. The molecule has 0 heterocycles. The van der Waals surface area contributed by atoms with Crippen molar-refractivity contribution in [3.63, 3.8) is 0 Å². The summed E-state index contributed by atoms with van der Waals surface area (Å²) >= 11 is 0. The lowest BCUT2D eigenvalue weighted by atomic mass is 10.3. The summed E-state index contributed by atoms with van der Waals surface area (Å²) in [7, 11) is 0. The summed E-state index contributed by atoms with van der Waals surface area (Å²) in [6.07, 6.45) is -1.35. The molecule has 0 saturated heterocycles. The highest BCUT2D eigenvalue weighted by Crippen LogP contribution is 1.91. The summed E-state index contributed by atoms with van der Waals surface area (Å²) in [5.74, 6) is -3.07. The van der Waals surface area contributed by atoms with Crippen LogP contribution in [0, 0.1) is 0 Å². The highest BCUT2D eigenvalue weighted by Gasteiger charge is 2.10. The molecule has 0 aliphatic heterocycles. The van der Waals surface area contributed by atoms with Crippen molar-refractivity contribution in [2.24, 2.45) is 0 Å². The SMILES string of the molecule is O=C(O)/C=C/C(F)C(=O)O. The minimum absolute atomic E-state index is 0.443. The van der Waals surface area contributed by atoms with Crippen molar-refractivity contribution in [3.05, 3.63) is 12.2 Å². The zero-order valence-electron chi connectivity index (χ0n) is 4.82. The van der Waals surface area contributed by atoms with Crippen molar-refractivity contribution in [1.82, 2.24) is 0 Å². The molecule has 0 amide bonds. The summed E-state index contributed by atoms with van der Waals surface area (Å²) in [6, 6.07) is 0. The lowest BCUT2D eigenvalue weighted by Gasteiger charge is -1.90. The van der Waals surface area contributed by atoms with Gasteiger partial charge in [-0.3, -0.25) is 0 Å². The van der Waals surface area contributed by atoms with Crippen molar-refractivity contribution < 1.29 is 24.2 Å². The molecule has 0 aliphatic carbocycles. The molecule has 56 valence electrons. The van der Waals surface area contributed by atoms with Gasteiger partial charge < -0.3 is 10.2 Å². The Balaban J connectivity index is 3.89. The van der Waals surface area contributed by atoms with E-state index >= 15 is 0 Å². The first-order chi connectivity index (χ1) is 4.54. The number of aliphatic carboxylic acids is 2. The number of carboxylic acid groups (broad SMARTS) is 2. The highest BCUT2D eigenvalue weighted by atomic mass is 19.1. The molecule has 0 saturated carbocycles. The topological polar surface area (TPSA) is 74.6 Å². The van der Waals surface area contributed by atoms with Gasteiger partial charge in [0, 0.05) is 6.08 Å². The van der Waals surface area contributed by atoms with Crippen LogP contribution in [0.3, 0.4) is 0 Å². The van der Waals surface area contributed by atoms with Crippen LogP contribution >= 0.6 is 0 Å². The second kappa shape index (κ2) is 3.60. The average Bonchev–Trinajstić information content (AvgIpc) is 1.82. The van der Waals surface area contributed by atoms with Gasteiger partial charge in [-0.15, -0.1) is 0 Å². The van der Waals surface area contributed by atoms with Gasteiger partial charge in [-0.1, -0.05) is 0 Å². The largest absolute Gasteiger partial charge is 0.479 e. The predicted octanol–water partition coefficient (Wildman–Crippen LogP) is 0.0499. The molecule has 0 rings (SSSR count).